The Morgan fingerprint density at radius 3 is 1.80 bits per heavy atom. The van der Waals surface area contributed by atoms with Gasteiger partial charge in [0.2, 0.25) is 0 Å². The Kier molecular flexibility index (Phi) is 5.49. The maximum atomic E-state index is 5.42. The van der Waals surface area contributed by atoms with E-state index < -0.39 is 0 Å². The molecule has 1 heterocycles. The average molecular weight is 420 g/mol. The predicted octanol–water partition coefficient (Wildman–Crippen LogP) is 4.62. The molecular weight excluding hydrogens is 400 g/mol. The Labute approximate surface area is 179 Å². The smallest absolute Gasteiger partial charge is 0.175 e. The van der Waals surface area contributed by atoms with E-state index in [0.29, 0.717) is 16.6 Å². The molecule has 30 heavy (non-hydrogen) atoms. The molecule has 8 heteroatoms. The van der Waals surface area contributed by atoms with Crippen molar-refractivity contribution in [3.63, 3.8) is 0 Å². The van der Waals surface area contributed by atoms with Crippen molar-refractivity contribution >= 4 is 50.8 Å². The highest BCUT2D eigenvalue weighted by Crippen LogP contribution is 2.31. The quantitative estimate of drug-likeness (QED) is 0.358. The fourth-order valence-electron chi connectivity index (χ4n) is 3.05. The van der Waals surface area contributed by atoms with Crippen LogP contribution in [0.15, 0.2) is 54.6 Å². The topological polar surface area (TPSA) is 77.5 Å². The molecule has 0 amide bonds. The third-order valence-electron chi connectivity index (χ3n) is 4.54. The first-order valence-corrected chi connectivity index (χ1v) is 9.56. The lowest BCUT2D eigenvalue weighted by atomic mass is 10.2. The van der Waals surface area contributed by atoms with Crippen molar-refractivity contribution in [3.8, 4) is 17.2 Å². The summed E-state index contributed by atoms with van der Waals surface area (Å²) in [5.41, 5.74) is 4.64. The van der Waals surface area contributed by atoms with Crippen LogP contribution in [0.3, 0.4) is 0 Å². The number of ether oxygens (including phenoxy) is 3. The Morgan fingerprint density at radius 1 is 0.667 bits per heavy atom. The van der Waals surface area contributed by atoms with Gasteiger partial charge in [-0.15, -0.1) is 0 Å². The normalized spacial score (nSPS) is 10.6. The van der Waals surface area contributed by atoms with Crippen LogP contribution in [0.2, 0.25) is 0 Å². The van der Waals surface area contributed by atoms with E-state index >= 15 is 0 Å². The molecule has 0 aliphatic heterocycles. The van der Waals surface area contributed by atoms with Gasteiger partial charge in [-0.1, -0.05) is 0 Å². The number of benzene rings is 3. The van der Waals surface area contributed by atoms with Crippen LogP contribution in [0.25, 0.3) is 22.1 Å². The van der Waals surface area contributed by atoms with Crippen LogP contribution >= 0.6 is 12.2 Å². The highest BCUT2D eigenvalue weighted by Gasteiger charge is 2.10. The van der Waals surface area contributed by atoms with E-state index in [-0.39, 0.29) is 0 Å². The predicted molar refractivity (Wildman–Crippen MR) is 123 cm³/mol. The van der Waals surface area contributed by atoms with Crippen molar-refractivity contribution in [1.29, 1.82) is 0 Å². The van der Waals surface area contributed by atoms with Gasteiger partial charge in [0, 0.05) is 23.5 Å². The molecule has 1 aromatic heterocycles. The first kappa shape index (κ1) is 19.7. The zero-order chi connectivity index (χ0) is 21.1. The monoisotopic (exact) mass is 420 g/mol. The molecule has 2 N–H and O–H groups in total. The molecule has 0 saturated carbocycles. The number of thiocarbonyl (C=S) groups is 1. The molecule has 7 nitrogen and oxygen atoms in total. The summed E-state index contributed by atoms with van der Waals surface area (Å²) in [7, 11) is 4.82. The summed E-state index contributed by atoms with van der Waals surface area (Å²) in [6.07, 6.45) is 0. The Hall–Kier alpha value is -3.65. The number of hydrogen-bond acceptors (Lipinski definition) is 6. The lowest BCUT2D eigenvalue weighted by Crippen LogP contribution is -2.18. The van der Waals surface area contributed by atoms with Gasteiger partial charge in [-0.2, -0.15) is 0 Å². The summed E-state index contributed by atoms with van der Waals surface area (Å²) in [5.74, 6) is 2.01. The van der Waals surface area contributed by atoms with Gasteiger partial charge >= 0.3 is 0 Å². The van der Waals surface area contributed by atoms with Crippen LogP contribution in [-0.2, 0) is 0 Å². The molecule has 152 valence electrons. The third kappa shape index (κ3) is 4.04. The molecule has 0 radical (unpaired) electrons. The zero-order valence-corrected chi connectivity index (χ0v) is 17.5. The molecule has 0 unspecified atom stereocenters. The minimum Gasteiger partial charge on any atom is -0.497 e. The fourth-order valence-corrected chi connectivity index (χ4v) is 3.28. The molecule has 4 aromatic rings. The van der Waals surface area contributed by atoms with Crippen LogP contribution in [-0.4, -0.2) is 36.4 Å². The molecule has 4 rings (SSSR count). The molecular formula is C22H20N4O3S. The average Bonchev–Trinajstić information content (AvgIpc) is 2.77. The van der Waals surface area contributed by atoms with Gasteiger partial charge in [0.05, 0.1) is 43.4 Å². The summed E-state index contributed by atoms with van der Waals surface area (Å²) < 4.78 is 15.9. The van der Waals surface area contributed by atoms with Crippen LogP contribution < -0.4 is 24.8 Å². The molecule has 0 aliphatic rings. The number of fused-ring (bicyclic) bond motifs is 2. The number of nitrogens with one attached hydrogen (secondary N) is 2. The summed E-state index contributed by atoms with van der Waals surface area (Å²) >= 11 is 5.42. The maximum Gasteiger partial charge on any atom is 0.175 e. The third-order valence-corrected chi connectivity index (χ3v) is 4.75. The van der Waals surface area contributed by atoms with Gasteiger partial charge in [0.25, 0.3) is 0 Å². The summed E-state index contributed by atoms with van der Waals surface area (Å²) in [4.78, 5) is 9.40. The number of nitrogens with zero attached hydrogens (tertiary/aromatic N) is 2. The van der Waals surface area contributed by atoms with E-state index in [0.717, 1.165) is 39.2 Å². The van der Waals surface area contributed by atoms with Crippen LogP contribution in [0, 0.1) is 0 Å². The van der Waals surface area contributed by atoms with Gasteiger partial charge in [0.1, 0.15) is 5.75 Å². The first-order valence-electron chi connectivity index (χ1n) is 9.15. The molecule has 0 spiro atoms. The number of methoxy groups -OCH3 is 3. The van der Waals surface area contributed by atoms with E-state index in [2.05, 4.69) is 15.6 Å². The van der Waals surface area contributed by atoms with E-state index in [9.17, 15) is 0 Å². The number of aromatic nitrogens is 2. The first-order chi connectivity index (χ1) is 14.6. The number of anilines is 2. The summed E-state index contributed by atoms with van der Waals surface area (Å²) in [6, 6.07) is 16.9. The standard InChI is InChI=1S/C22H20N4O3S/c1-27-15-7-4-13(5-8-15)23-22(30)24-14-6-9-16-17(10-14)26-19-12-21(29-3)20(28-2)11-18(19)25-16/h4-12H,1-3H3,(H2,23,24,30). The van der Waals surface area contributed by atoms with E-state index in [1.54, 1.807) is 21.3 Å². The van der Waals surface area contributed by atoms with Crippen molar-refractivity contribution in [2.75, 3.05) is 32.0 Å². The minimum atomic E-state index is 0.472. The van der Waals surface area contributed by atoms with E-state index in [1.807, 2.05) is 54.6 Å². The Balaban J connectivity index is 1.58. The fraction of sp³-hybridized carbons (Fsp3) is 0.136. The van der Waals surface area contributed by atoms with Crippen molar-refractivity contribution in [1.82, 2.24) is 9.97 Å². The van der Waals surface area contributed by atoms with Gasteiger partial charge in [0.15, 0.2) is 16.6 Å². The lowest BCUT2D eigenvalue weighted by Gasteiger charge is -2.12. The highest BCUT2D eigenvalue weighted by atomic mass is 32.1. The van der Waals surface area contributed by atoms with Gasteiger partial charge in [-0.25, -0.2) is 9.97 Å². The lowest BCUT2D eigenvalue weighted by molar-refractivity contribution is 0.355. The Bertz CT molecular complexity index is 1230. The number of rotatable bonds is 5. The maximum absolute atomic E-state index is 5.42. The molecule has 0 bridgehead atoms. The highest BCUT2D eigenvalue weighted by molar-refractivity contribution is 7.80. The van der Waals surface area contributed by atoms with Crippen molar-refractivity contribution in [2.24, 2.45) is 0 Å². The Morgan fingerprint density at radius 2 is 1.20 bits per heavy atom. The molecule has 0 atom stereocenters. The van der Waals surface area contributed by atoms with Crippen LogP contribution in [0.1, 0.15) is 0 Å². The second-order valence-corrected chi connectivity index (χ2v) is 6.84. The SMILES string of the molecule is COc1ccc(NC(=S)Nc2ccc3nc4cc(OC)c(OC)cc4nc3c2)cc1. The molecule has 0 aliphatic carbocycles. The summed E-state index contributed by atoms with van der Waals surface area (Å²) in [5, 5.41) is 6.79. The number of hydrogen-bond donors (Lipinski definition) is 2. The van der Waals surface area contributed by atoms with Crippen molar-refractivity contribution in [3.05, 3.63) is 54.6 Å². The van der Waals surface area contributed by atoms with Gasteiger partial charge in [-0.3, -0.25) is 0 Å². The molecule has 0 fully saturated rings. The molecule has 0 saturated heterocycles. The summed E-state index contributed by atoms with van der Waals surface area (Å²) in [6.45, 7) is 0. The van der Waals surface area contributed by atoms with E-state index in [4.69, 9.17) is 31.4 Å². The van der Waals surface area contributed by atoms with Gasteiger partial charge in [-0.05, 0) is 54.7 Å². The van der Waals surface area contributed by atoms with E-state index in [1.165, 1.54) is 0 Å². The van der Waals surface area contributed by atoms with Gasteiger partial charge < -0.3 is 24.8 Å². The zero-order valence-electron chi connectivity index (χ0n) is 16.7. The van der Waals surface area contributed by atoms with Crippen molar-refractivity contribution in [2.45, 2.75) is 0 Å². The largest absolute Gasteiger partial charge is 0.497 e. The molecule has 3 aromatic carbocycles. The second kappa shape index (κ2) is 8.38. The minimum absolute atomic E-state index is 0.472. The van der Waals surface area contributed by atoms with Crippen LogP contribution in [0.4, 0.5) is 11.4 Å². The van der Waals surface area contributed by atoms with Crippen LogP contribution in [0.5, 0.6) is 17.2 Å². The second-order valence-electron chi connectivity index (χ2n) is 6.43. The van der Waals surface area contributed by atoms with Crippen molar-refractivity contribution < 1.29 is 14.2 Å².